The van der Waals surface area contributed by atoms with Crippen LogP contribution in [0.5, 0.6) is 0 Å². The number of rotatable bonds is 35. The summed E-state index contributed by atoms with van der Waals surface area (Å²) in [5.74, 6) is 0.0400. The second-order valence-corrected chi connectivity index (χ2v) is 12.9. The van der Waals surface area contributed by atoms with Crippen molar-refractivity contribution in [1.29, 1.82) is 0 Å². The Kier molecular flexibility index (Phi) is 34.3. The molecule has 0 aromatic rings. The van der Waals surface area contributed by atoms with Gasteiger partial charge < -0.3 is 19.8 Å². The van der Waals surface area contributed by atoms with Crippen molar-refractivity contribution >= 4 is 5.91 Å². The zero-order valence-electron chi connectivity index (χ0n) is 28.6. The zero-order chi connectivity index (χ0) is 30.8. The van der Waals surface area contributed by atoms with Crippen LogP contribution >= 0.6 is 0 Å². The maximum absolute atomic E-state index is 12.7. The fraction of sp³-hybridized carbons (Fsp3) is 0.973. The molecular weight excluding hydrogens is 522 g/mol. The van der Waals surface area contributed by atoms with Crippen LogP contribution in [-0.2, 0) is 9.53 Å². The Hall–Kier alpha value is -0.650. The maximum Gasteiger partial charge on any atom is 0.222 e. The molecule has 2 N–H and O–H groups in total. The van der Waals surface area contributed by atoms with Crippen LogP contribution in [0, 0.1) is 0 Å². The highest BCUT2D eigenvalue weighted by Gasteiger charge is 2.17. The molecule has 5 heteroatoms. The molecule has 0 aliphatic rings. The molecule has 0 spiro atoms. The van der Waals surface area contributed by atoms with Gasteiger partial charge in [0.15, 0.2) is 0 Å². The van der Waals surface area contributed by atoms with Crippen LogP contribution in [0.2, 0.25) is 0 Å². The summed E-state index contributed by atoms with van der Waals surface area (Å²) in [5, 5.41) is 19.8. The third-order valence-corrected chi connectivity index (χ3v) is 8.60. The zero-order valence-corrected chi connectivity index (χ0v) is 28.6. The van der Waals surface area contributed by atoms with E-state index in [2.05, 4.69) is 13.8 Å². The molecule has 0 aromatic carbocycles. The largest absolute Gasteiger partial charge is 0.395 e. The molecule has 0 heterocycles. The van der Waals surface area contributed by atoms with Crippen LogP contribution in [-0.4, -0.2) is 60.0 Å². The molecule has 0 rings (SSSR count). The van der Waals surface area contributed by atoms with Gasteiger partial charge in [-0.25, -0.2) is 0 Å². The Bertz CT molecular complexity index is 530. The van der Waals surface area contributed by atoms with Crippen molar-refractivity contribution in [1.82, 2.24) is 4.90 Å². The highest BCUT2D eigenvalue weighted by atomic mass is 16.5. The van der Waals surface area contributed by atoms with Crippen LogP contribution in [0.3, 0.4) is 0 Å². The topological polar surface area (TPSA) is 70.0 Å². The first-order chi connectivity index (χ1) is 20.7. The normalized spacial score (nSPS) is 12.2. The van der Waals surface area contributed by atoms with E-state index in [1.165, 1.54) is 154 Å². The van der Waals surface area contributed by atoms with E-state index >= 15 is 0 Å². The summed E-state index contributed by atoms with van der Waals surface area (Å²) in [4.78, 5) is 14.3. The average molecular weight is 598 g/mol. The number of hydrogen-bond donors (Lipinski definition) is 2. The molecule has 0 saturated carbocycles. The van der Waals surface area contributed by atoms with E-state index in [1.807, 2.05) is 0 Å². The fourth-order valence-electron chi connectivity index (χ4n) is 5.82. The van der Waals surface area contributed by atoms with E-state index in [0.717, 1.165) is 19.3 Å². The van der Waals surface area contributed by atoms with Crippen LogP contribution in [0.1, 0.15) is 194 Å². The van der Waals surface area contributed by atoms with E-state index in [1.54, 1.807) is 4.90 Å². The molecule has 1 amide bonds. The monoisotopic (exact) mass is 598 g/mol. The quantitative estimate of drug-likeness (QED) is 0.0713. The first kappa shape index (κ1) is 41.4. The van der Waals surface area contributed by atoms with Crippen molar-refractivity contribution in [2.75, 3.05) is 32.9 Å². The third kappa shape index (κ3) is 30.8. The van der Waals surface area contributed by atoms with Gasteiger partial charge in [0.25, 0.3) is 0 Å². The second-order valence-electron chi connectivity index (χ2n) is 12.9. The Labute approximate surface area is 263 Å². The lowest BCUT2D eigenvalue weighted by atomic mass is 10.0. The SMILES string of the molecule is CCCCCCCCCCCCCCCCOC[C@H](O)CN(CCO)C(=O)CCCCCCCCCCCCCCC. The van der Waals surface area contributed by atoms with Gasteiger partial charge in [0.05, 0.1) is 19.3 Å². The molecule has 0 fully saturated rings. The number of nitrogens with zero attached hydrogens (tertiary/aromatic N) is 1. The number of hydrogen-bond acceptors (Lipinski definition) is 4. The summed E-state index contributed by atoms with van der Waals surface area (Å²) >= 11 is 0. The van der Waals surface area contributed by atoms with Crippen LogP contribution < -0.4 is 0 Å². The first-order valence-electron chi connectivity index (χ1n) is 18.8. The summed E-state index contributed by atoms with van der Waals surface area (Å²) in [7, 11) is 0. The van der Waals surface area contributed by atoms with E-state index in [9.17, 15) is 15.0 Å². The van der Waals surface area contributed by atoms with Crippen molar-refractivity contribution < 1.29 is 19.7 Å². The molecule has 0 radical (unpaired) electrons. The Morgan fingerprint density at radius 3 is 1.31 bits per heavy atom. The predicted octanol–water partition coefficient (Wildman–Crippen LogP) is 10.1. The van der Waals surface area contributed by atoms with Crippen molar-refractivity contribution in [3.8, 4) is 0 Å². The second kappa shape index (κ2) is 34.8. The van der Waals surface area contributed by atoms with Crippen molar-refractivity contribution in [3.63, 3.8) is 0 Å². The van der Waals surface area contributed by atoms with E-state index in [0.29, 0.717) is 13.0 Å². The number of unbranched alkanes of at least 4 members (excludes halogenated alkanes) is 25. The van der Waals surface area contributed by atoms with Gasteiger partial charge in [-0.15, -0.1) is 0 Å². The molecule has 5 nitrogen and oxygen atoms in total. The van der Waals surface area contributed by atoms with E-state index in [4.69, 9.17) is 4.74 Å². The summed E-state index contributed by atoms with van der Waals surface area (Å²) in [6.45, 7) is 5.93. The van der Waals surface area contributed by atoms with Gasteiger partial charge >= 0.3 is 0 Å². The van der Waals surface area contributed by atoms with Gasteiger partial charge in [0, 0.05) is 26.1 Å². The van der Waals surface area contributed by atoms with Crippen LogP contribution in [0.4, 0.5) is 0 Å². The molecule has 0 aliphatic heterocycles. The molecular formula is C37H75NO4. The minimum absolute atomic E-state index is 0.0400. The third-order valence-electron chi connectivity index (χ3n) is 8.60. The maximum atomic E-state index is 12.7. The highest BCUT2D eigenvalue weighted by Crippen LogP contribution is 2.15. The van der Waals surface area contributed by atoms with E-state index < -0.39 is 6.10 Å². The Balaban J connectivity index is 3.62. The minimum Gasteiger partial charge on any atom is -0.395 e. The van der Waals surface area contributed by atoms with Gasteiger partial charge in [-0.05, 0) is 12.8 Å². The molecule has 252 valence electrons. The van der Waals surface area contributed by atoms with Gasteiger partial charge in [-0.3, -0.25) is 4.79 Å². The summed E-state index contributed by atoms with van der Waals surface area (Å²) in [6, 6.07) is 0. The average Bonchev–Trinajstić information content (AvgIpc) is 2.99. The van der Waals surface area contributed by atoms with E-state index in [-0.39, 0.29) is 32.2 Å². The highest BCUT2D eigenvalue weighted by molar-refractivity contribution is 5.76. The van der Waals surface area contributed by atoms with Crippen molar-refractivity contribution in [2.45, 2.75) is 200 Å². The number of aliphatic hydroxyl groups is 2. The first-order valence-corrected chi connectivity index (χ1v) is 18.8. The van der Waals surface area contributed by atoms with Crippen LogP contribution in [0.25, 0.3) is 0 Å². The van der Waals surface area contributed by atoms with Gasteiger partial charge in [0.2, 0.25) is 5.91 Å². The molecule has 0 bridgehead atoms. The van der Waals surface area contributed by atoms with Gasteiger partial charge in [-0.1, -0.05) is 174 Å². The van der Waals surface area contributed by atoms with Gasteiger partial charge in [-0.2, -0.15) is 0 Å². The number of ether oxygens (including phenoxy) is 1. The summed E-state index contributed by atoms with van der Waals surface area (Å²) < 4.78 is 5.69. The molecule has 1 atom stereocenters. The number of carbonyl (C=O) groups is 1. The number of aliphatic hydroxyl groups excluding tert-OH is 2. The molecule has 0 unspecified atom stereocenters. The number of amides is 1. The van der Waals surface area contributed by atoms with Crippen molar-refractivity contribution in [2.24, 2.45) is 0 Å². The molecule has 42 heavy (non-hydrogen) atoms. The number of carbonyl (C=O) groups excluding carboxylic acids is 1. The minimum atomic E-state index is -0.696. The summed E-state index contributed by atoms with van der Waals surface area (Å²) in [5.41, 5.74) is 0. The molecule has 0 saturated heterocycles. The lowest BCUT2D eigenvalue weighted by Gasteiger charge is -2.24. The lowest BCUT2D eigenvalue weighted by Crippen LogP contribution is -2.40. The van der Waals surface area contributed by atoms with Crippen molar-refractivity contribution in [3.05, 3.63) is 0 Å². The Morgan fingerprint density at radius 2 is 0.929 bits per heavy atom. The smallest absolute Gasteiger partial charge is 0.222 e. The van der Waals surface area contributed by atoms with Gasteiger partial charge in [0.1, 0.15) is 0 Å². The fourth-order valence-corrected chi connectivity index (χ4v) is 5.82. The summed E-state index contributed by atoms with van der Waals surface area (Å²) in [6.07, 6.45) is 35.3. The Morgan fingerprint density at radius 1 is 0.571 bits per heavy atom. The predicted molar refractivity (Wildman–Crippen MR) is 181 cm³/mol. The van der Waals surface area contributed by atoms with Crippen LogP contribution in [0.15, 0.2) is 0 Å². The molecule has 0 aromatic heterocycles. The molecule has 0 aliphatic carbocycles. The standard InChI is InChI=1S/C37H75NO4/c1-3-5-7-9-11-13-15-17-19-21-23-25-27-29-33-42-35-36(40)34-38(31-32-39)37(41)30-28-26-24-22-20-18-16-14-12-10-8-6-4-2/h36,39-40H,3-35H2,1-2H3/t36-/m1/s1. The lowest BCUT2D eigenvalue weighted by molar-refractivity contribution is -0.134.